The largest absolute Gasteiger partial charge is 0.478 e. The average Bonchev–Trinajstić information content (AvgIpc) is 2.19. The zero-order valence-corrected chi connectivity index (χ0v) is 8.42. The number of aromatic carboxylic acids is 1. The lowest BCUT2D eigenvalue weighted by molar-refractivity contribution is 0.0695. The average molecular weight is 206 g/mol. The van der Waals surface area contributed by atoms with Crippen LogP contribution < -0.4 is 5.56 Å². The van der Waals surface area contributed by atoms with Crippen molar-refractivity contribution in [3.05, 3.63) is 32.7 Å². The van der Waals surface area contributed by atoms with E-state index in [2.05, 4.69) is 4.98 Å². The van der Waals surface area contributed by atoms with E-state index in [9.17, 15) is 9.59 Å². The van der Waals surface area contributed by atoms with Crippen LogP contribution in [0.3, 0.4) is 0 Å². The third kappa shape index (κ3) is 1.74. The fourth-order valence-electron chi connectivity index (χ4n) is 1.47. The normalized spacial score (nSPS) is 9.67. The van der Waals surface area contributed by atoms with E-state index in [1.165, 1.54) is 0 Å². The van der Waals surface area contributed by atoms with Crippen LogP contribution in [0.15, 0.2) is 4.79 Å². The maximum atomic E-state index is 11.4. The fraction of sp³-hybridized carbons (Fsp3) is 0.300. The molecule has 0 saturated heterocycles. The zero-order valence-electron chi connectivity index (χ0n) is 8.42. The van der Waals surface area contributed by atoms with Gasteiger partial charge in [0.2, 0.25) is 0 Å². The van der Waals surface area contributed by atoms with Crippen LogP contribution in [-0.2, 0) is 6.42 Å². The molecule has 0 radical (unpaired) electrons. The Labute approximate surface area is 86.0 Å². The maximum Gasteiger partial charge on any atom is 0.337 e. The molecule has 0 aliphatic heterocycles. The lowest BCUT2D eigenvalue weighted by atomic mass is 10.0. The molecule has 0 aromatic carbocycles. The summed E-state index contributed by atoms with van der Waals surface area (Å²) in [6, 6.07) is 1.61. The smallest absolute Gasteiger partial charge is 0.337 e. The number of H-pyrrole nitrogens is 1. The summed E-state index contributed by atoms with van der Waals surface area (Å²) in [4.78, 5) is 24.8. The Morgan fingerprint density at radius 2 is 2.20 bits per heavy atom. The topological polar surface area (TPSA) is 94.0 Å². The highest BCUT2D eigenvalue weighted by Crippen LogP contribution is 2.13. The molecule has 5 nitrogen and oxygen atoms in total. The predicted molar refractivity (Wildman–Crippen MR) is 52.9 cm³/mol. The number of carbonyl (C=O) groups is 1. The van der Waals surface area contributed by atoms with Gasteiger partial charge in [-0.15, -0.1) is 0 Å². The van der Waals surface area contributed by atoms with Gasteiger partial charge in [0.1, 0.15) is 11.6 Å². The monoisotopic (exact) mass is 206 g/mol. The molecule has 1 heterocycles. The van der Waals surface area contributed by atoms with Crippen LogP contribution in [-0.4, -0.2) is 16.1 Å². The molecular weight excluding hydrogens is 196 g/mol. The SMILES string of the molecule is CCc1[nH]c(=O)c(C#N)c(C(=O)O)c1C. The highest BCUT2D eigenvalue weighted by atomic mass is 16.4. The number of pyridine rings is 1. The summed E-state index contributed by atoms with van der Waals surface area (Å²) in [6.45, 7) is 3.38. The number of hydrogen-bond acceptors (Lipinski definition) is 3. The van der Waals surface area contributed by atoms with Gasteiger partial charge in [0.05, 0.1) is 5.56 Å². The highest BCUT2D eigenvalue weighted by Gasteiger charge is 2.19. The number of nitrogens with zero attached hydrogens (tertiary/aromatic N) is 1. The minimum Gasteiger partial charge on any atom is -0.478 e. The van der Waals surface area contributed by atoms with Crippen LogP contribution in [0.1, 0.15) is 34.1 Å². The number of carboxylic acid groups (broad SMARTS) is 1. The molecule has 0 aliphatic rings. The lowest BCUT2D eigenvalue weighted by Crippen LogP contribution is -2.20. The number of aryl methyl sites for hydroxylation is 1. The van der Waals surface area contributed by atoms with Crippen molar-refractivity contribution in [2.45, 2.75) is 20.3 Å². The van der Waals surface area contributed by atoms with E-state index < -0.39 is 11.5 Å². The summed E-state index contributed by atoms with van der Waals surface area (Å²) in [7, 11) is 0. The van der Waals surface area contributed by atoms with E-state index >= 15 is 0 Å². The van der Waals surface area contributed by atoms with Gasteiger partial charge in [-0.1, -0.05) is 6.92 Å². The van der Waals surface area contributed by atoms with Crippen molar-refractivity contribution in [2.75, 3.05) is 0 Å². The van der Waals surface area contributed by atoms with Gasteiger partial charge >= 0.3 is 5.97 Å². The quantitative estimate of drug-likeness (QED) is 0.748. The molecule has 0 saturated carbocycles. The number of nitriles is 1. The Bertz CT molecular complexity index is 509. The molecular formula is C10H10N2O3. The van der Waals surface area contributed by atoms with Crippen LogP contribution in [0.4, 0.5) is 0 Å². The molecule has 0 fully saturated rings. The van der Waals surface area contributed by atoms with E-state index in [0.717, 1.165) is 0 Å². The molecule has 15 heavy (non-hydrogen) atoms. The molecule has 0 aliphatic carbocycles. The van der Waals surface area contributed by atoms with Crippen molar-refractivity contribution in [1.82, 2.24) is 4.98 Å². The summed E-state index contributed by atoms with van der Waals surface area (Å²) < 4.78 is 0. The zero-order chi connectivity index (χ0) is 11.6. The molecule has 78 valence electrons. The first-order chi connectivity index (χ1) is 7.02. The number of aromatic nitrogens is 1. The summed E-state index contributed by atoms with van der Waals surface area (Å²) in [6.07, 6.45) is 0.521. The number of nitrogens with one attached hydrogen (secondary N) is 1. The van der Waals surface area contributed by atoms with Gasteiger partial charge < -0.3 is 10.1 Å². The Morgan fingerprint density at radius 3 is 2.60 bits per heavy atom. The van der Waals surface area contributed by atoms with Crippen LogP contribution >= 0.6 is 0 Å². The number of hydrogen-bond donors (Lipinski definition) is 2. The van der Waals surface area contributed by atoms with Crippen molar-refractivity contribution in [1.29, 1.82) is 5.26 Å². The van der Waals surface area contributed by atoms with Crippen LogP contribution in [0.5, 0.6) is 0 Å². The van der Waals surface area contributed by atoms with Crippen LogP contribution in [0, 0.1) is 18.3 Å². The molecule has 0 spiro atoms. The highest BCUT2D eigenvalue weighted by molar-refractivity contribution is 5.92. The Balaban J connectivity index is 3.73. The van der Waals surface area contributed by atoms with Crippen molar-refractivity contribution in [2.24, 2.45) is 0 Å². The summed E-state index contributed by atoms with van der Waals surface area (Å²) in [5.74, 6) is -1.25. The third-order valence-electron chi connectivity index (χ3n) is 2.25. The van der Waals surface area contributed by atoms with Gasteiger partial charge in [0.25, 0.3) is 5.56 Å². The predicted octanol–water partition coefficient (Wildman–Crippen LogP) is 0.816. The molecule has 0 bridgehead atoms. The van der Waals surface area contributed by atoms with Crippen molar-refractivity contribution in [3.63, 3.8) is 0 Å². The third-order valence-corrected chi connectivity index (χ3v) is 2.25. The molecule has 5 heteroatoms. The van der Waals surface area contributed by atoms with E-state index in [1.807, 2.05) is 0 Å². The molecule has 1 rings (SSSR count). The molecule has 1 aromatic heterocycles. The number of aromatic amines is 1. The second kappa shape index (κ2) is 3.96. The van der Waals surface area contributed by atoms with Crippen molar-refractivity contribution in [3.8, 4) is 6.07 Å². The van der Waals surface area contributed by atoms with Crippen molar-refractivity contribution < 1.29 is 9.90 Å². The first kappa shape index (κ1) is 11.0. The van der Waals surface area contributed by atoms with E-state index in [-0.39, 0.29) is 11.1 Å². The molecule has 0 amide bonds. The van der Waals surface area contributed by atoms with Crippen LogP contribution in [0.25, 0.3) is 0 Å². The van der Waals surface area contributed by atoms with E-state index in [4.69, 9.17) is 10.4 Å². The van der Waals surface area contributed by atoms with Gasteiger partial charge in [-0.05, 0) is 18.9 Å². The first-order valence-corrected chi connectivity index (χ1v) is 4.42. The molecule has 1 aromatic rings. The summed E-state index contributed by atoms with van der Waals surface area (Å²) >= 11 is 0. The molecule has 2 N–H and O–H groups in total. The van der Waals surface area contributed by atoms with E-state index in [1.54, 1.807) is 19.9 Å². The van der Waals surface area contributed by atoms with Crippen LogP contribution in [0.2, 0.25) is 0 Å². The van der Waals surface area contributed by atoms with Gasteiger partial charge in [-0.3, -0.25) is 4.79 Å². The number of carboxylic acids is 1. The Morgan fingerprint density at radius 1 is 1.60 bits per heavy atom. The fourth-order valence-corrected chi connectivity index (χ4v) is 1.47. The minimum atomic E-state index is -1.25. The lowest BCUT2D eigenvalue weighted by Gasteiger charge is -2.07. The standard InChI is InChI=1S/C10H10N2O3/c1-3-7-5(2)8(10(14)15)6(4-11)9(13)12-7/h3H2,1-2H3,(H,12,13)(H,14,15). The van der Waals surface area contributed by atoms with Gasteiger partial charge in [0.15, 0.2) is 0 Å². The van der Waals surface area contributed by atoms with Crippen molar-refractivity contribution >= 4 is 5.97 Å². The first-order valence-electron chi connectivity index (χ1n) is 4.42. The Hall–Kier alpha value is -2.09. The van der Waals surface area contributed by atoms with Gasteiger partial charge in [0, 0.05) is 5.69 Å². The Kier molecular flexibility index (Phi) is 2.90. The summed E-state index contributed by atoms with van der Waals surface area (Å²) in [5, 5.41) is 17.6. The second-order valence-electron chi connectivity index (χ2n) is 3.08. The molecule has 0 unspecified atom stereocenters. The van der Waals surface area contributed by atoms with E-state index in [0.29, 0.717) is 17.7 Å². The van der Waals surface area contributed by atoms with Gasteiger partial charge in [-0.25, -0.2) is 4.79 Å². The van der Waals surface area contributed by atoms with Gasteiger partial charge in [-0.2, -0.15) is 5.26 Å². The number of rotatable bonds is 2. The second-order valence-corrected chi connectivity index (χ2v) is 3.08. The maximum absolute atomic E-state index is 11.4. The summed E-state index contributed by atoms with van der Waals surface area (Å²) in [5.41, 5.74) is -0.176. The molecule has 0 atom stereocenters. The minimum absolute atomic E-state index is 0.196.